The number of hydrogen-bond donors (Lipinski definition) is 6. The lowest BCUT2D eigenvalue weighted by atomic mass is 9.88. The van der Waals surface area contributed by atoms with Crippen LogP contribution in [0.5, 0.6) is 0 Å². The van der Waals surface area contributed by atoms with Gasteiger partial charge in [0.05, 0.1) is 12.1 Å². The zero-order valence-corrected chi connectivity index (χ0v) is 16.3. The number of ether oxygens (including phenoxy) is 2. The summed E-state index contributed by atoms with van der Waals surface area (Å²) < 4.78 is 20.7. The molecule has 1 amide bonds. The Balaban J connectivity index is 1.71. The van der Waals surface area contributed by atoms with E-state index in [1.54, 1.807) is 0 Å². The molecule has 0 radical (unpaired) electrons. The van der Waals surface area contributed by atoms with Gasteiger partial charge in [0.25, 0.3) is 0 Å². The van der Waals surface area contributed by atoms with E-state index in [1.807, 2.05) is 13.8 Å². The molecule has 9 atom stereocenters. The number of carbonyl (C=O) groups excluding carboxylic acids is 1. The Morgan fingerprint density at radius 2 is 1.96 bits per heavy atom. The van der Waals surface area contributed by atoms with E-state index in [-0.39, 0.29) is 30.0 Å². The van der Waals surface area contributed by atoms with Crippen molar-refractivity contribution in [3.63, 3.8) is 0 Å². The largest absolute Gasteiger partial charge is 0.388 e. The number of carbonyl (C=O) groups is 1. The van der Waals surface area contributed by atoms with Crippen LogP contribution in [0.1, 0.15) is 26.7 Å². The van der Waals surface area contributed by atoms with Gasteiger partial charge in [0, 0.05) is 25.2 Å². The van der Waals surface area contributed by atoms with Crippen molar-refractivity contribution in [2.75, 3.05) is 13.2 Å². The monoisotopic (exact) mass is 406 g/mol. The molecule has 9 nitrogen and oxygen atoms in total. The van der Waals surface area contributed by atoms with Crippen LogP contribution in [-0.2, 0) is 14.3 Å². The maximum atomic E-state index is 12.9. The number of nitrogens with one attached hydrogen (secondary N) is 2. The average molecular weight is 407 g/mol. The molecule has 0 saturated carbocycles. The summed E-state index contributed by atoms with van der Waals surface area (Å²) in [7, 11) is 0. The maximum absolute atomic E-state index is 12.9. The van der Waals surface area contributed by atoms with Crippen LogP contribution in [-0.4, -0.2) is 87.0 Å². The van der Waals surface area contributed by atoms with E-state index in [1.165, 1.54) is 0 Å². The molecule has 27 heavy (non-hydrogen) atoms. The summed E-state index contributed by atoms with van der Waals surface area (Å²) in [5, 5.41) is 36.5. The molecule has 0 aromatic rings. The van der Waals surface area contributed by atoms with Gasteiger partial charge in [-0.2, -0.15) is 0 Å². The Bertz CT molecular complexity index is 524. The number of rotatable bonds is 5. The zero-order chi connectivity index (χ0) is 19.7. The fourth-order valence-electron chi connectivity index (χ4n) is 4.23. The molecule has 0 aromatic carbocycles. The highest BCUT2D eigenvalue weighted by Crippen LogP contribution is 2.31. The van der Waals surface area contributed by atoms with Crippen LogP contribution in [0.15, 0.2) is 0 Å². The Morgan fingerprint density at radius 1 is 1.22 bits per heavy atom. The van der Waals surface area contributed by atoms with Crippen molar-refractivity contribution in [3.05, 3.63) is 0 Å². The number of aliphatic hydroxyl groups excluding tert-OH is 3. The second-order valence-electron chi connectivity index (χ2n) is 7.95. The summed E-state index contributed by atoms with van der Waals surface area (Å²) in [4.78, 5) is 12.9. The van der Waals surface area contributed by atoms with Gasteiger partial charge < -0.3 is 40.0 Å². The summed E-state index contributed by atoms with van der Waals surface area (Å²) >= 11 is 0.263. The van der Waals surface area contributed by atoms with Gasteiger partial charge in [-0.1, -0.05) is 13.8 Å². The van der Waals surface area contributed by atoms with Crippen LogP contribution in [0.4, 0.5) is 0 Å². The number of amides is 1. The second kappa shape index (κ2) is 8.91. The van der Waals surface area contributed by atoms with Gasteiger partial charge in [-0.3, -0.25) is 4.79 Å². The van der Waals surface area contributed by atoms with E-state index in [0.717, 1.165) is 19.4 Å². The van der Waals surface area contributed by atoms with E-state index in [2.05, 4.69) is 10.6 Å². The third-order valence-electron chi connectivity index (χ3n) is 5.80. The van der Waals surface area contributed by atoms with Crippen molar-refractivity contribution < 1.29 is 34.1 Å². The molecule has 0 bridgehead atoms. The van der Waals surface area contributed by atoms with Crippen LogP contribution in [0.2, 0.25) is 0 Å². The minimum Gasteiger partial charge on any atom is -0.388 e. The first-order valence-corrected chi connectivity index (χ1v) is 10.3. The Hall–Kier alpha value is -0.460. The molecule has 3 aliphatic rings. The predicted octanol–water partition coefficient (Wildman–Crippen LogP) is -1.09. The molecule has 3 heterocycles. The standard InChI is InChI=1S/C17H30N2O7S/c1-7(2)9(15-12(21)11(20)13(22)17(26-15)27-24)19-16(23)10-14-8(6-18-10)4-3-5-25-14/h7-15,17-18,20-22,24H,3-6H2,1-2H3,(H,19,23)/t8-,9+,10-,11?,12?,13+,14+,15+,17?/m0/s1. The van der Waals surface area contributed by atoms with Crippen LogP contribution < -0.4 is 10.6 Å². The minimum atomic E-state index is -1.48. The van der Waals surface area contributed by atoms with Crippen molar-refractivity contribution in [1.29, 1.82) is 0 Å². The molecule has 0 aromatic heterocycles. The first kappa shape index (κ1) is 21.3. The fourth-order valence-corrected chi connectivity index (χ4v) is 4.69. The van der Waals surface area contributed by atoms with Gasteiger partial charge in [0.1, 0.15) is 30.5 Å². The molecule has 156 valence electrons. The van der Waals surface area contributed by atoms with Crippen molar-refractivity contribution in [2.45, 2.75) is 74.7 Å². The molecule has 6 N–H and O–H groups in total. The number of fused-ring (bicyclic) bond motifs is 1. The third kappa shape index (κ3) is 4.27. The normalized spacial score (nSPS) is 43.4. The van der Waals surface area contributed by atoms with E-state index >= 15 is 0 Å². The van der Waals surface area contributed by atoms with Gasteiger partial charge in [-0.15, -0.1) is 0 Å². The highest BCUT2D eigenvalue weighted by atomic mass is 32.2. The molecule has 3 rings (SSSR count). The van der Waals surface area contributed by atoms with Gasteiger partial charge in [0.2, 0.25) is 5.91 Å². The van der Waals surface area contributed by atoms with Crippen molar-refractivity contribution >= 4 is 17.9 Å². The molecule has 3 saturated heterocycles. The highest BCUT2D eigenvalue weighted by Gasteiger charge is 2.49. The maximum Gasteiger partial charge on any atom is 0.240 e. The summed E-state index contributed by atoms with van der Waals surface area (Å²) in [6.07, 6.45) is -3.43. The van der Waals surface area contributed by atoms with Gasteiger partial charge >= 0.3 is 0 Å². The lowest BCUT2D eigenvalue weighted by Gasteiger charge is -2.44. The minimum absolute atomic E-state index is 0.121. The molecule has 3 unspecified atom stereocenters. The van der Waals surface area contributed by atoms with Crippen molar-refractivity contribution in [2.24, 2.45) is 11.8 Å². The quantitative estimate of drug-likeness (QED) is 0.314. The molecule has 3 fully saturated rings. The van der Waals surface area contributed by atoms with Crippen LogP contribution >= 0.6 is 12.0 Å². The number of hydrogen-bond acceptors (Lipinski definition) is 9. The Morgan fingerprint density at radius 3 is 2.63 bits per heavy atom. The SMILES string of the molecule is CC(C)[C@@H](NC(=O)[C@H]1NC[C@@H]2CCCO[C@H]21)[C@H]1OC(SO)[C@H](O)C(O)C1O. The van der Waals surface area contributed by atoms with Gasteiger partial charge in [-0.25, -0.2) is 0 Å². The number of aliphatic hydroxyl groups is 3. The van der Waals surface area contributed by atoms with Gasteiger partial charge in [-0.05, 0) is 24.7 Å². The summed E-state index contributed by atoms with van der Waals surface area (Å²) in [5.41, 5.74) is -1.11. The second-order valence-corrected chi connectivity index (χ2v) is 8.62. The molecule has 0 aliphatic carbocycles. The lowest BCUT2D eigenvalue weighted by molar-refractivity contribution is -0.209. The van der Waals surface area contributed by atoms with Crippen molar-refractivity contribution in [1.82, 2.24) is 10.6 Å². The summed E-state index contributed by atoms with van der Waals surface area (Å²) in [5.74, 6) is -0.0479. The average Bonchev–Trinajstić information content (AvgIpc) is 3.09. The molecule has 0 spiro atoms. The van der Waals surface area contributed by atoms with E-state index < -0.39 is 41.9 Å². The Labute approximate surface area is 163 Å². The molecule has 3 aliphatic heterocycles. The first-order valence-electron chi connectivity index (χ1n) is 9.50. The zero-order valence-electron chi connectivity index (χ0n) is 15.5. The first-order chi connectivity index (χ1) is 12.8. The van der Waals surface area contributed by atoms with Crippen LogP contribution in [0.3, 0.4) is 0 Å². The smallest absolute Gasteiger partial charge is 0.240 e. The van der Waals surface area contributed by atoms with E-state index in [0.29, 0.717) is 12.5 Å². The van der Waals surface area contributed by atoms with E-state index in [9.17, 15) is 24.7 Å². The summed E-state index contributed by atoms with van der Waals surface area (Å²) in [6.45, 7) is 5.10. The molecular weight excluding hydrogens is 376 g/mol. The summed E-state index contributed by atoms with van der Waals surface area (Å²) in [6, 6.07) is -1.09. The van der Waals surface area contributed by atoms with E-state index in [4.69, 9.17) is 9.47 Å². The predicted molar refractivity (Wildman–Crippen MR) is 97.9 cm³/mol. The molecule has 10 heteroatoms. The van der Waals surface area contributed by atoms with Crippen molar-refractivity contribution in [3.8, 4) is 0 Å². The van der Waals surface area contributed by atoms with Crippen LogP contribution in [0, 0.1) is 11.8 Å². The highest BCUT2D eigenvalue weighted by molar-refractivity contribution is 7.94. The van der Waals surface area contributed by atoms with Gasteiger partial charge in [0.15, 0.2) is 5.44 Å². The third-order valence-corrected chi connectivity index (χ3v) is 6.39. The van der Waals surface area contributed by atoms with Crippen LogP contribution in [0.25, 0.3) is 0 Å². The molecular formula is C17H30N2O7S. The topological polar surface area (TPSA) is 141 Å². The lowest BCUT2D eigenvalue weighted by Crippen LogP contribution is -2.65. The fraction of sp³-hybridized carbons (Fsp3) is 0.941. The Kier molecular flexibility index (Phi) is 7.02.